The van der Waals surface area contributed by atoms with Crippen molar-refractivity contribution in [3.63, 3.8) is 0 Å². The van der Waals surface area contributed by atoms with Crippen LogP contribution in [0.25, 0.3) is 21.8 Å². The monoisotopic (exact) mass is 421 g/mol. The predicted octanol–water partition coefficient (Wildman–Crippen LogP) is 1.85. The summed E-state index contributed by atoms with van der Waals surface area (Å²) in [4.78, 5) is 29.8. The number of pyridine rings is 1. The number of piperidine rings is 1. The van der Waals surface area contributed by atoms with Crippen molar-refractivity contribution in [3.8, 4) is 0 Å². The number of fused-ring (bicyclic) bond motifs is 2. The molecule has 2 heterocycles. The second-order valence-corrected chi connectivity index (χ2v) is 8.94. The summed E-state index contributed by atoms with van der Waals surface area (Å²) in [6.45, 7) is 0.122. The number of primary sulfonamides is 1. The van der Waals surface area contributed by atoms with E-state index in [1.54, 1.807) is 0 Å². The SMILES string of the molecule is NS(=O)(=O)[C@H]1CCCN(C(=O)c2cc(F)cc3c(=O)c4cccc(F)c4[nH]c23)C1. The van der Waals surface area contributed by atoms with Crippen molar-refractivity contribution in [2.45, 2.75) is 18.1 Å². The molecule has 1 atom stereocenters. The van der Waals surface area contributed by atoms with Crippen LogP contribution in [0.4, 0.5) is 8.78 Å². The summed E-state index contributed by atoms with van der Waals surface area (Å²) >= 11 is 0. The maximum atomic E-state index is 14.2. The summed E-state index contributed by atoms with van der Waals surface area (Å²) in [5.41, 5.74) is -0.872. The molecule has 29 heavy (non-hydrogen) atoms. The molecule has 0 radical (unpaired) electrons. The van der Waals surface area contributed by atoms with Crippen LogP contribution in [-0.2, 0) is 10.0 Å². The van der Waals surface area contributed by atoms with Gasteiger partial charge in [-0.25, -0.2) is 22.3 Å². The minimum Gasteiger partial charge on any atom is -0.351 e. The van der Waals surface area contributed by atoms with E-state index in [1.165, 1.54) is 17.0 Å². The van der Waals surface area contributed by atoms with Gasteiger partial charge in [0.25, 0.3) is 5.91 Å². The van der Waals surface area contributed by atoms with Crippen molar-refractivity contribution in [1.82, 2.24) is 9.88 Å². The Morgan fingerprint density at radius 3 is 2.66 bits per heavy atom. The number of amides is 1. The fraction of sp³-hybridized carbons (Fsp3) is 0.263. The summed E-state index contributed by atoms with van der Waals surface area (Å²) in [5, 5.41) is 4.24. The minimum absolute atomic E-state index is 0.00303. The van der Waals surface area contributed by atoms with Gasteiger partial charge in [0.1, 0.15) is 11.6 Å². The molecule has 0 aliphatic carbocycles. The molecule has 10 heteroatoms. The molecule has 1 fully saturated rings. The maximum absolute atomic E-state index is 14.2. The quantitative estimate of drug-likeness (QED) is 0.615. The molecule has 0 saturated carbocycles. The number of sulfonamides is 1. The van der Waals surface area contributed by atoms with Gasteiger partial charge in [0.15, 0.2) is 5.43 Å². The zero-order chi connectivity index (χ0) is 20.9. The third-order valence-corrected chi connectivity index (χ3v) is 6.53. The van der Waals surface area contributed by atoms with Gasteiger partial charge >= 0.3 is 0 Å². The first-order valence-corrected chi connectivity index (χ1v) is 10.5. The molecule has 4 rings (SSSR count). The van der Waals surface area contributed by atoms with Crippen molar-refractivity contribution in [3.05, 3.63) is 57.8 Å². The Hall–Kier alpha value is -2.85. The normalized spacial score (nSPS) is 17.8. The highest BCUT2D eigenvalue weighted by Crippen LogP contribution is 2.24. The lowest BCUT2D eigenvalue weighted by atomic mass is 10.0. The van der Waals surface area contributed by atoms with Crippen molar-refractivity contribution in [2.75, 3.05) is 13.1 Å². The van der Waals surface area contributed by atoms with Crippen LogP contribution in [0.2, 0.25) is 0 Å². The van der Waals surface area contributed by atoms with Gasteiger partial charge in [-0.15, -0.1) is 0 Å². The lowest BCUT2D eigenvalue weighted by Crippen LogP contribution is -2.47. The van der Waals surface area contributed by atoms with E-state index >= 15 is 0 Å². The lowest BCUT2D eigenvalue weighted by molar-refractivity contribution is 0.0728. The van der Waals surface area contributed by atoms with E-state index in [2.05, 4.69) is 4.98 Å². The standard InChI is InChI=1S/C19H17F2N3O4S/c20-10-7-13-16(23-17-12(18(13)25)4-1-5-15(17)21)14(8-10)19(26)24-6-2-3-11(9-24)29(22,27)28/h1,4-5,7-8,11H,2-3,6,9H2,(H,23,25)(H2,22,27,28)/t11-/m0/s1. The molecule has 0 bridgehead atoms. The Labute approximate surface area is 164 Å². The van der Waals surface area contributed by atoms with Gasteiger partial charge in [0, 0.05) is 23.9 Å². The minimum atomic E-state index is -3.84. The average molecular weight is 421 g/mol. The molecular weight excluding hydrogens is 404 g/mol. The third kappa shape index (κ3) is 3.38. The van der Waals surface area contributed by atoms with Gasteiger partial charge in [0.05, 0.1) is 21.8 Å². The van der Waals surface area contributed by atoms with Crippen LogP contribution in [0.1, 0.15) is 23.2 Å². The van der Waals surface area contributed by atoms with E-state index in [0.717, 1.165) is 18.2 Å². The van der Waals surface area contributed by atoms with Gasteiger partial charge < -0.3 is 9.88 Å². The summed E-state index contributed by atoms with van der Waals surface area (Å²) in [6, 6.07) is 5.87. The molecule has 3 N–H and O–H groups in total. The summed E-state index contributed by atoms with van der Waals surface area (Å²) in [6.07, 6.45) is 0.730. The molecule has 0 unspecified atom stereocenters. The van der Waals surface area contributed by atoms with Gasteiger partial charge in [0.2, 0.25) is 10.0 Å². The van der Waals surface area contributed by atoms with Crippen LogP contribution in [0.5, 0.6) is 0 Å². The molecule has 3 aromatic rings. The number of hydrogen-bond donors (Lipinski definition) is 2. The van der Waals surface area contributed by atoms with Crippen molar-refractivity contribution in [1.29, 1.82) is 0 Å². The van der Waals surface area contributed by atoms with Crippen LogP contribution in [0.3, 0.4) is 0 Å². The molecule has 1 amide bonds. The van der Waals surface area contributed by atoms with Crippen molar-refractivity contribution >= 4 is 37.7 Å². The Morgan fingerprint density at radius 1 is 1.17 bits per heavy atom. The number of nitrogens with zero attached hydrogens (tertiary/aromatic N) is 1. The first kappa shape index (κ1) is 19.5. The van der Waals surface area contributed by atoms with Crippen molar-refractivity contribution in [2.24, 2.45) is 5.14 Å². The van der Waals surface area contributed by atoms with E-state index in [4.69, 9.17) is 5.14 Å². The van der Waals surface area contributed by atoms with Crippen molar-refractivity contribution < 1.29 is 22.0 Å². The Balaban J connectivity index is 1.89. The zero-order valence-corrected chi connectivity index (χ0v) is 15.9. The topological polar surface area (TPSA) is 113 Å². The third-order valence-electron chi connectivity index (χ3n) is 5.22. The smallest absolute Gasteiger partial charge is 0.256 e. The molecule has 0 spiro atoms. The average Bonchev–Trinajstić information content (AvgIpc) is 2.68. The number of aromatic amines is 1. The second kappa shape index (κ2) is 6.89. The number of carbonyl (C=O) groups excluding carboxylic acids is 1. The first-order valence-electron chi connectivity index (χ1n) is 8.91. The van der Waals surface area contributed by atoms with Crippen LogP contribution < -0.4 is 10.6 Å². The molecule has 1 aliphatic rings. The Bertz CT molecular complexity index is 1320. The number of carbonyl (C=O) groups is 1. The van der Waals surface area contributed by atoms with E-state index in [-0.39, 0.29) is 40.5 Å². The highest BCUT2D eigenvalue weighted by Gasteiger charge is 2.32. The molecule has 1 aromatic heterocycles. The highest BCUT2D eigenvalue weighted by atomic mass is 32.2. The van der Waals surface area contributed by atoms with E-state index in [9.17, 15) is 26.8 Å². The first-order chi connectivity index (χ1) is 13.7. The number of likely N-dealkylation sites (tertiary alicyclic amines) is 1. The lowest BCUT2D eigenvalue weighted by Gasteiger charge is -2.31. The fourth-order valence-corrected chi connectivity index (χ4v) is 4.64. The molecule has 1 aliphatic heterocycles. The molecule has 1 saturated heterocycles. The van der Waals surface area contributed by atoms with Gasteiger partial charge in [-0.1, -0.05) is 6.07 Å². The van der Waals surface area contributed by atoms with Crippen LogP contribution in [0.15, 0.2) is 35.1 Å². The Kier molecular flexibility index (Phi) is 4.62. The largest absolute Gasteiger partial charge is 0.351 e. The maximum Gasteiger partial charge on any atom is 0.256 e. The number of hydrogen-bond acceptors (Lipinski definition) is 4. The summed E-state index contributed by atoms with van der Waals surface area (Å²) in [7, 11) is -3.84. The zero-order valence-electron chi connectivity index (χ0n) is 15.1. The van der Waals surface area contributed by atoms with Crippen LogP contribution >= 0.6 is 0 Å². The van der Waals surface area contributed by atoms with Gasteiger partial charge in [-0.05, 0) is 37.1 Å². The Morgan fingerprint density at radius 2 is 1.93 bits per heavy atom. The molecule has 7 nitrogen and oxygen atoms in total. The van der Waals surface area contributed by atoms with E-state index < -0.39 is 38.2 Å². The summed E-state index contributed by atoms with van der Waals surface area (Å²) in [5.74, 6) is -2.15. The van der Waals surface area contributed by atoms with E-state index in [0.29, 0.717) is 12.8 Å². The number of para-hydroxylation sites is 1. The predicted molar refractivity (Wildman–Crippen MR) is 104 cm³/mol. The number of nitrogens with one attached hydrogen (secondary N) is 1. The number of halogens is 2. The number of H-pyrrole nitrogens is 1. The number of nitrogens with two attached hydrogens (primary N) is 1. The van der Waals surface area contributed by atoms with Gasteiger partial charge in [-0.2, -0.15) is 0 Å². The highest BCUT2D eigenvalue weighted by molar-refractivity contribution is 7.89. The number of benzene rings is 2. The van der Waals surface area contributed by atoms with Gasteiger partial charge in [-0.3, -0.25) is 9.59 Å². The van der Waals surface area contributed by atoms with Crippen LogP contribution in [0, 0.1) is 11.6 Å². The molecule has 2 aromatic carbocycles. The number of aromatic nitrogens is 1. The second-order valence-electron chi connectivity index (χ2n) is 7.10. The molecular formula is C19H17F2N3O4S. The molecule has 152 valence electrons. The summed E-state index contributed by atoms with van der Waals surface area (Å²) < 4.78 is 51.8. The van der Waals surface area contributed by atoms with E-state index in [1.807, 2.05) is 0 Å². The van der Waals surface area contributed by atoms with Crippen LogP contribution in [-0.4, -0.2) is 42.5 Å². The fourth-order valence-electron chi connectivity index (χ4n) is 3.76. The number of rotatable bonds is 2.